The van der Waals surface area contributed by atoms with Crippen molar-refractivity contribution in [3.05, 3.63) is 48.2 Å². The van der Waals surface area contributed by atoms with Gasteiger partial charge >= 0.3 is 0 Å². The number of carbonyl (C=O) groups excluding carboxylic acids is 1. The second kappa shape index (κ2) is 10.3. The van der Waals surface area contributed by atoms with Gasteiger partial charge in [0.25, 0.3) is 15.9 Å². The predicted octanol–water partition coefficient (Wildman–Crippen LogP) is 4.30. The van der Waals surface area contributed by atoms with Crippen molar-refractivity contribution in [2.24, 2.45) is 5.41 Å². The molecule has 1 atom stereocenters. The number of rotatable bonds is 5. The van der Waals surface area contributed by atoms with Crippen molar-refractivity contribution in [2.45, 2.75) is 82.3 Å². The quantitative estimate of drug-likeness (QED) is 0.454. The van der Waals surface area contributed by atoms with E-state index in [0.717, 1.165) is 32.1 Å². The maximum absolute atomic E-state index is 13.6. The molecule has 12 heteroatoms. The molecule has 1 saturated carbocycles. The average molecular weight is 580 g/mol. The summed E-state index contributed by atoms with van der Waals surface area (Å²) < 4.78 is 36.1. The third-order valence-electron chi connectivity index (χ3n) is 8.54. The van der Waals surface area contributed by atoms with Gasteiger partial charge in [-0.2, -0.15) is 8.42 Å². The Bertz CT molecular complexity index is 1560. The number of pyridine rings is 2. The summed E-state index contributed by atoms with van der Waals surface area (Å²) in [5.74, 6) is 1.17. The molecule has 1 saturated heterocycles. The second-order valence-electron chi connectivity index (χ2n) is 12.3. The second-order valence-corrected chi connectivity index (χ2v) is 13.9. The number of carbonyl (C=O) groups is 1. The van der Waals surface area contributed by atoms with E-state index in [1.54, 1.807) is 41.2 Å². The Kier molecular flexibility index (Phi) is 6.91. The van der Waals surface area contributed by atoms with Crippen LogP contribution in [0.1, 0.15) is 76.1 Å². The summed E-state index contributed by atoms with van der Waals surface area (Å²) in [5, 5.41) is 7.57. The van der Waals surface area contributed by atoms with Gasteiger partial charge in [-0.1, -0.05) is 13.0 Å². The minimum absolute atomic E-state index is 0.125. The highest BCUT2D eigenvalue weighted by atomic mass is 32.2. The zero-order chi connectivity index (χ0) is 28.8. The van der Waals surface area contributed by atoms with E-state index in [9.17, 15) is 13.2 Å². The molecule has 2 aliphatic heterocycles. The third kappa shape index (κ3) is 5.74. The number of sulfonamides is 1. The molecule has 5 heterocycles. The lowest BCUT2D eigenvalue weighted by atomic mass is 10.0. The standard InChI is InChI=1S/C29H37N7O4S/c1-28(2)13-11-20-6-5-17-30-22-7-4-8-25(31-22)41(38,39)34-27(37)21-9-10-23(32-26(21)36(20)28)35-18-12-24(33-35)40-19-16-29(3)14-15-29/h4,7-10,12,18,20H,5-6,11,13-17,19H2,1-3H3,(H,30,31)(H,34,37). The first-order valence-corrected chi connectivity index (χ1v) is 15.8. The van der Waals surface area contributed by atoms with Crippen LogP contribution in [0.2, 0.25) is 0 Å². The van der Waals surface area contributed by atoms with Gasteiger partial charge in [0.2, 0.25) is 5.88 Å². The summed E-state index contributed by atoms with van der Waals surface area (Å²) >= 11 is 0. The first kappa shape index (κ1) is 27.5. The lowest BCUT2D eigenvalue weighted by Gasteiger charge is -2.38. The van der Waals surface area contributed by atoms with Gasteiger partial charge in [-0.05, 0) is 88.5 Å². The fraction of sp³-hybridized carbons (Fsp3) is 0.517. The van der Waals surface area contributed by atoms with E-state index in [1.165, 1.54) is 18.9 Å². The summed E-state index contributed by atoms with van der Waals surface area (Å²) in [6.07, 6.45) is 8.83. The molecule has 1 aliphatic carbocycles. The smallest absolute Gasteiger partial charge is 0.281 e. The number of aromatic nitrogens is 4. The van der Waals surface area contributed by atoms with Gasteiger partial charge in [0.1, 0.15) is 11.6 Å². The topological polar surface area (TPSA) is 131 Å². The van der Waals surface area contributed by atoms with Crippen molar-refractivity contribution in [3.63, 3.8) is 0 Å². The van der Waals surface area contributed by atoms with Crippen LogP contribution in [-0.4, -0.2) is 58.8 Å². The van der Waals surface area contributed by atoms with Crippen molar-refractivity contribution in [2.75, 3.05) is 23.4 Å². The molecule has 3 aromatic rings. The van der Waals surface area contributed by atoms with Gasteiger partial charge in [0, 0.05) is 30.4 Å². The Labute approximate surface area is 240 Å². The largest absolute Gasteiger partial charge is 0.477 e. The van der Waals surface area contributed by atoms with Crippen molar-refractivity contribution in [3.8, 4) is 11.7 Å². The van der Waals surface area contributed by atoms with Crippen molar-refractivity contribution < 1.29 is 17.9 Å². The highest BCUT2D eigenvalue weighted by Gasteiger charge is 2.42. The van der Waals surface area contributed by atoms with Gasteiger partial charge in [-0.3, -0.25) is 4.79 Å². The Morgan fingerprint density at radius 3 is 2.68 bits per heavy atom. The average Bonchev–Trinajstić information content (AvgIpc) is 3.34. The van der Waals surface area contributed by atoms with Crippen LogP contribution < -0.4 is 19.7 Å². The van der Waals surface area contributed by atoms with Crippen molar-refractivity contribution >= 4 is 27.6 Å². The fourth-order valence-electron chi connectivity index (χ4n) is 5.75. The van der Waals surface area contributed by atoms with Gasteiger partial charge in [0.05, 0.1) is 12.2 Å². The van der Waals surface area contributed by atoms with E-state index in [1.807, 2.05) is 0 Å². The van der Waals surface area contributed by atoms with Gasteiger partial charge in [-0.15, -0.1) is 5.10 Å². The van der Waals surface area contributed by atoms with Crippen molar-refractivity contribution in [1.29, 1.82) is 0 Å². The molecule has 2 N–H and O–H groups in total. The monoisotopic (exact) mass is 579 g/mol. The highest BCUT2D eigenvalue weighted by Crippen LogP contribution is 2.48. The number of fused-ring (bicyclic) bond motifs is 5. The van der Waals surface area contributed by atoms with E-state index in [4.69, 9.17) is 9.72 Å². The van der Waals surface area contributed by atoms with E-state index in [2.05, 4.69) is 45.8 Å². The van der Waals surface area contributed by atoms with E-state index in [-0.39, 0.29) is 22.2 Å². The molecule has 41 heavy (non-hydrogen) atoms. The van der Waals surface area contributed by atoms with Crippen LogP contribution >= 0.6 is 0 Å². The minimum atomic E-state index is -4.22. The molecule has 218 valence electrons. The SMILES string of the molecule is CC1(CCOc2ccn(-c3ccc4c(n3)N3C(CCCNc5cccc(n5)S(=O)(=O)NC4=O)CCC3(C)C)n2)CC1. The zero-order valence-corrected chi connectivity index (χ0v) is 24.6. The van der Waals surface area contributed by atoms with Crippen molar-refractivity contribution in [1.82, 2.24) is 24.5 Å². The molecule has 0 aromatic carbocycles. The van der Waals surface area contributed by atoms with Crippen LogP contribution in [0, 0.1) is 5.41 Å². The van der Waals surface area contributed by atoms with Crippen LogP contribution in [0.15, 0.2) is 47.6 Å². The van der Waals surface area contributed by atoms with Crippen LogP contribution in [0.3, 0.4) is 0 Å². The summed E-state index contributed by atoms with van der Waals surface area (Å²) in [4.78, 5) is 25.0. The number of amides is 1. The summed E-state index contributed by atoms with van der Waals surface area (Å²) in [5.41, 5.74) is 0.290. The number of ether oxygens (including phenoxy) is 1. The third-order valence-corrected chi connectivity index (χ3v) is 9.78. The molecule has 1 unspecified atom stereocenters. The minimum Gasteiger partial charge on any atom is -0.477 e. The summed E-state index contributed by atoms with van der Waals surface area (Å²) in [6.45, 7) is 7.79. The molecular formula is C29H37N7O4S. The molecule has 11 nitrogen and oxygen atoms in total. The Morgan fingerprint density at radius 1 is 1.05 bits per heavy atom. The lowest BCUT2D eigenvalue weighted by molar-refractivity contribution is 0.0981. The first-order valence-electron chi connectivity index (χ1n) is 14.3. The fourth-order valence-corrected chi connectivity index (χ4v) is 6.68. The molecule has 1 amide bonds. The van der Waals surface area contributed by atoms with Crippen LogP contribution in [-0.2, 0) is 10.0 Å². The first-order chi connectivity index (χ1) is 19.5. The summed E-state index contributed by atoms with van der Waals surface area (Å²) in [7, 11) is -4.22. The molecular weight excluding hydrogens is 542 g/mol. The Morgan fingerprint density at radius 2 is 1.88 bits per heavy atom. The molecule has 0 radical (unpaired) electrons. The number of hydrogen-bond donors (Lipinski definition) is 2. The Balaban J connectivity index is 1.36. The molecule has 3 aliphatic rings. The number of nitrogens with zero attached hydrogens (tertiary/aromatic N) is 5. The molecule has 2 bridgehead atoms. The van der Waals surface area contributed by atoms with Crippen LogP contribution in [0.5, 0.6) is 5.88 Å². The maximum Gasteiger partial charge on any atom is 0.281 e. The van der Waals surface area contributed by atoms with Gasteiger partial charge < -0.3 is 15.0 Å². The molecule has 6 rings (SSSR count). The summed E-state index contributed by atoms with van der Waals surface area (Å²) in [6, 6.07) is 9.93. The number of nitrogens with one attached hydrogen (secondary N) is 2. The van der Waals surface area contributed by atoms with Crippen LogP contribution in [0.25, 0.3) is 5.82 Å². The van der Waals surface area contributed by atoms with Gasteiger partial charge in [-0.25, -0.2) is 19.4 Å². The Hall–Kier alpha value is -3.67. The normalized spacial score (nSPS) is 22.5. The number of anilines is 2. The predicted molar refractivity (Wildman–Crippen MR) is 155 cm³/mol. The van der Waals surface area contributed by atoms with Crippen LogP contribution in [0.4, 0.5) is 11.6 Å². The zero-order valence-electron chi connectivity index (χ0n) is 23.8. The van der Waals surface area contributed by atoms with E-state index in [0.29, 0.717) is 41.9 Å². The number of hydrogen-bond acceptors (Lipinski definition) is 9. The molecule has 2 fully saturated rings. The lowest BCUT2D eigenvalue weighted by Crippen LogP contribution is -2.45. The molecule has 3 aromatic heterocycles. The maximum atomic E-state index is 13.6. The van der Waals surface area contributed by atoms with E-state index < -0.39 is 15.9 Å². The van der Waals surface area contributed by atoms with Gasteiger partial charge in [0.15, 0.2) is 10.8 Å². The van der Waals surface area contributed by atoms with E-state index >= 15 is 0 Å². The molecule has 0 spiro atoms. The highest BCUT2D eigenvalue weighted by molar-refractivity contribution is 7.90.